The Hall–Kier alpha value is -0.820. The summed E-state index contributed by atoms with van der Waals surface area (Å²) in [5, 5.41) is 0. The lowest BCUT2D eigenvalue weighted by molar-refractivity contribution is -0.0165. The average Bonchev–Trinajstić information content (AvgIpc) is 2.75. The van der Waals surface area contributed by atoms with Gasteiger partial charge in [-0.25, -0.2) is 0 Å². The summed E-state index contributed by atoms with van der Waals surface area (Å²) in [6.07, 6.45) is 11.2. The first-order valence-electron chi connectivity index (χ1n) is 9.90. The molecule has 3 atom stereocenters. The van der Waals surface area contributed by atoms with Crippen molar-refractivity contribution >= 4 is 0 Å². The highest BCUT2D eigenvalue weighted by Crippen LogP contribution is 2.36. The fourth-order valence-electron chi connectivity index (χ4n) is 4.79. The maximum atomic E-state index is 6.40. The molecule has 0 saturated heterocycles. The summed E-state index contributed by atoms with van der Waals surface area (Å²) in [6.45, 7) is 5.90. The molecule has 2 saturated carbocycles. The second-order valence-corrected chi connectivity index (χ2v) is 8.12. The molecule has 3 rings (SSSR count). The van der Waals surface area contributed by atoms with E-state index < -0.39 is 0 Å². The fraction of sp³-hybridized carbons (Fsp3) is 0.727. The van der Waals surface area contributed by atoms with Crippen molar-refractivity contribution in [1.29, 1.82) is 0 Å². The van der Waals surface area contributed by atoms with Gasteiger partial charge in [-0.3, -0.25) is 0 Å². The van der Waals surface area contributed by atoms with E-state index in [0.29, 0.717) is 6.10 Å². The first-order valence-corrected chi connectivity index (χ1v) is 9.90. The minimum atomic E-state index is 0.512. The van der Waals surface area contributed by atoms with Gasteiger partial charge >= 0.3 is 0 Å². The van der Waals surface area contributed by atoms with Crippen LogP contribution in [0.1, 0.15) is 76.7 Å². The van der Waals surface area contributed by atoms with Crippen molar-refractivity contribution < 1.29 is 4.74 Å². The van der Waals surface area contributed by atoms with Gasteiger partial charge in [0.15, 0.2) is 0 Å². The third-order valence-corrected chi connectivity index (χ3v) is 6.50. The third kappa shape index (κ3) is 4.59. The van der Waals surface area contributed by atoms with Gasteiger partial charge in [0.2, 0.25) is 0 Å². The molecule has 0 N–H and O–H groups in total. The van der Waals surface area contributed by atoms with E-state index in [1.165, 1.54) is 56.9 Å². The Kier molecular flexibility index (Phi) is 6.16. The molecule has 0 amide bonds. The number of rotatable bonds is 4. The Balaban J connectivity index is 1.45. The predicted octanol–water partition coefficient (Wildman–Crippen LogP) is 6.19. The molecular formula is C22H34O. The topological polar surface area (TPSA) is 9.23 Å². The zero-order chi connectivity index (χ0) is 16.1. The SMILES string of the molecule is CC1CCCC[C@H](C)C1COC1CCC(c2ccccc2)CC1. The maximum absolute atomic E-state index is 6.40. The quantitative estimate of drug-likeness (QED) is 0.602. The van der Waals surface area contributed by atoms with Gasteiger partial charge in [-0.1, -0.05) is 69.9 Å². The molecule has 128 valence electrons. The standard InChI is InChI=1S/C22H34O/c1-17-8-6-7-9-18(2)22(17)16-23-21-14-12-20(13-15-21)19-10-4-3-5-11-19/h3-5,10-11,17-18,20-22H,6-9,12-16H2,1-2H3/t17-,18?,20?,21?,22?/m0/s1. The molecular weight excluding hydrogens is 280 g/mol. The van der Waals surface area contributed by atoms with Crippen LogP contribution in [0.15, 0.2) is 30.3 Å². The summed E-state index contributed by atoms with van der Waals surface area (Å²) in [4.78, 5) is 0. The van der Waals surface area contributed by atoms with Crippen molar-refractivity contribution in [3.63, 3.8) is 0 Å². The molecule has 2 unspecified atom stereocenters. The summed E-state index contributed by atoms with van der Waals surface area (Å²) >= 11 is 0. The van der Waals surface area contributed by atoms with Crippen LogP contribution in [-0.4, -0.2) is 12.7 Å². The molecule has 1 aromatic carbocycles. The van der Waals surface area contributed by atoms with Crippen molar-refractivity contribution in [2.75, 3.05) is 6.61 Å². The van der Waals surface area contributed by atoms with Gasteiger partial charge in [0.25, 0.3) is 0 Å². The van der Waals surface area contributed by atoms with Crippen molar-refractivity contribution in [3.05, 3.63) is 35.9 Å². The molecule has 1 nitrogen and oxygen atoms in total. The van der Waals surface area contributed by atoms with Crippen molar-refractivity contribution in [2.45, 2.75) is 77.2 Å². The van der Waals surface area contributed by atoms with E-state index in [0.717, 1.165) is 30.3 Å². The van der Waals surface area contributed by atoms with E-state index in [1.54, 1.807) is 0 Å². The van der Waals surface area contributed by atoms with Crippen LogP contribution in [-0.2, 0) is 4.74 Å². The molecule has 0 spiro atoms. The van der Waals surface area contributed by atoms with Crippen LogP contribution in [0.4, 0.5) is 0 Å². The molecule has 2 aliphatic rings. The highest BCUT2D eigenvalue weighted by Gasteiger charge is 2.28. The largest absolute Gasteiger partial charge is 0.378 e. The molecule has 2 fully saturated rings. The fourth-order valence-corrected chi connectivity index (χ4v) is 4.79. The van der Waals surface area contributed by atoms with Gasteiger partial charge in [-0.15, -0.1) is 0 Å². The van der Waals surface area contributed by atoms with Gasteiger partial charge in [0, 0.05) is 0 Å². The number of hydrogen-bond acceptors (Lipinski definition) is 1. The summed E-state index contributed by atoms with van der Waals surface area (Å²) in [5.74, 6) is 3.22. The summed E-state index contributed by atoms with van der Waals surface area (Å²) in [7, 11) is 0. The Morgan fingerprint density at radius 2 is 1.43 bits per heavy atom. The van der Waals surface area contributed by atoms with Gasteiger partial charge in [-0.05, 0) is 54.9 Å². The smallest absolute Gasteiger partial charge is 0.0575 e. The van der Waals surface area contributed by atoms with Gasteiger partial charge < -0.3 is 4.74 Å². The lowest BCUT2D eigenvalue weighted by Crippen LogP contribution is -2.28. The third-order valence-electron chi connectivity index (χ3n) is 6.50. The normalized spacial score (nSPS) is 35.7. The number of benzene rings is 1. The highest BCUT2D eigenvalue weighted by molar-refractivity contribution is 5.19. The van der Waals surface area contributed by atoms with Crippen LogP contribution < -0.4 is 0 Å². The minimum absolute atomic E-state index is 0.512. The lowest BCUT2D eigenvalue weighted by Gasteiger charge is -2.32. The van der Waals surface area contributed by atoms with Gasteiger partial charge in [-0.2, -0.15) is 0 Å². The zero-order valence-electron chi connectivity index (χ0n) is 15.0. The van der Waals surface area contributed by atoms with Crippen LogP contribution in [0.5, 0.6) is 0 Å². The first-order chi connectivity index (χ1) is 11.2. The Morgan fingerprint density at radius 1 is 0.826 bits per heavy atom. The molecule has 2 aliphatic carbocycles. The molecule has 0 aromatic heterocycles. The van der Waals surface area contributed by atoms with Crippen LogP contribution in [0.2, 0.25) is 0 Å². The van der Waals surface area contributed by atoms with Crippen LogP contribution in [0, 0.1) is 17.8 Å². The van der Waals surface area contributed by atoms with Crippen molar-refractivity contribution in [2.24, 2.45) is 17.8 Å². The second-order valence-electron chi connectivity index (χ2n) is 8.12. The molecule has 0 bridgehead atoms. The predicted molar refractivity (Wildman–Crippen MR) is 97.7 cm³/mol. The lowest BCUT2D eigenvalue weighted by atomic mass is 9.81. The molecule has 0 radical (unpaired) electrons. The first kappa shape index (κ1) is 17.0. The van der Waals surface area contributed by atoms with E-state index in [1.807, 2.05) is 0 Å². The molecule has 1 heteroatoms. The maximum Gasteiger partial charge on any atom is 0.0575 e. The van der Waals surface area contributed by atoms with Crippen LogP contribution in [0.3, 0.4) is 0 Å². The van der Waals surface area contributed by atoms with Crippen LogP contribution >= 0.6 is 0 Å². The Labute approximate surface area is 142 Å². The summed E-state index contributed by atoms with van der Waals surface area (Å²) in [6, 6.07) is 11.0. The van der Waals surface area contributed by atoms with E-state index >= 15 is 0 Å². The Bertz CT molecular complexity index is 434. The Morgan fingerprint density at radius 3 is 2.04 bits per heavy atom. The van der Waals surface area contributed by atoms with Crippen molar-refractivity contribution in [1.82, 2.24) is 0 Å². The summed E-state index contributed by atoms with van der Waals surface area (Å²) in [5.41, 5.74) is 1.52. The minimum Gasteiger partial charge on any atom is -0.378 e. The number of ether oxygens (including phenoxy) is 1. The number of hydrogen-bond donors (Lipinski definition) is 0. The van der Waals surface area contributed by atoms with E-state index in [-0.39, 0.29) is 0 Å². The second kappa shape index (κ2) is 8.33. The summed E-state index contributed by atoms with van der Waals surface area (Å²) < 4.78 is 6.40. The molecule has 1 aromatic rings. The molecule has 23 heavy (non-hydrogen) atoms. The van der Waals surface area contributed by atoms with E-state index in [4.69, 9.17) is 4.74 Å². The molecule has 0 heterocycles. The van der Waals surface area contributed by atoms with E-state index in [2.05, 4.69) is 44.2 Å². The highest BCUT2D eigenvalue weighted by atomic mass is 16.5. The van der Waals surface area contributed by atoms with E-state index in [9.17, 15) is 0 Å². The zero-order valence-corrected chi connectivity index (χ0v) is 15.0. The van der Waals surface area contributed by atoms with Crippen molar-refractivity contribution in [3.8, 4) is 0 Å². The monoisotopic (exact) mass is 314 g/mol. The van der Waals surface area contributed by atoms with Gasteiger partial charge in [0.1, 0.15) is 0 Å². The average molecular weight is 315 g/mol. The van der Waals surface area contributed by atoms with Gasteiger partial charge in [0.05, 0.1) is 12.7 Å². The van der Waals surface area contributed by atoms with Crippen LogP contribution in [0.25, 0.3) is 0 Å². The molecule has 0 aliphatic heterocycles.